The summed E-state index contributed by atoms with van der Waals surface area (Å²) in [5.41, 5.74) is 0. The van der Waals surface area contributed by atoms with Gasteiger partial charge in [0.2, 0.25) is 11.1 Å². The highest BCUT2D eigenvalue weighted by atomic mass is 32.2. The number of thioether (sulfide) groups is 1. The van der Waals surface area contributed by atoms with Gasteiger partial charge in [0, 0.05) is 26.2 Å². The second kappa shape index (κ2) is 6.85. The van der Waals surface area contributed by atoms with Gasteiger partial charge in [0.05, 0.1) is 12.3 Å². The van der Waals surface area contributed by atoms with Crippen molar-refractivity contribution < 1.29 is 4.79 Å². The van der Waals surface area contributed by atoms with E-state index in [2.05, 4.69) is 20.8 Å². The predicted molar refractivity (Wildman–Crippen MR) is 72.9 cm³/mol. The molecule has 8 heteroatoms. The van der Waals surface area contributed by atoms with Crippen LogP contribution in [0.1, 0.15) is 19.8 Å². The lowest BCUT2D eigenvalue weighted by molar-refractivity contribution is -0.126. The minimum atomic E-state index is 0.0955. The Labute approximate surface area is 117 Å². The number of carbonyl (C=O) groups is 1. The fourth-order valence-electron chi connectivity index (χ4n) is 1.52. The van der Waals surface area contributed by atoms with Crippen LogP contribution in [0.15, 0.2) is 5.16 Å². The van der Waals surface area contributed by atoms with Gasteiger partial charge >= 0.3 is 0 Å². The van der Waals surface area contributed by atoms with Crippen molar-refractivity contribution in [3.05, 3.63) is 0 Å². The van der Waals surface area contributed by atoms with Crippen molar-refractivity contribution in [2.75, 3.05) is 25.9 Å². The van der Waals surface area contributed by atoms with Gasteiger partial charge in [-0.3, -0.25) is 4.79 Å². The molecule has 0 unspecified atom stereocenters. The predicted octanol–water partition coefficient (Wildman–Crippen LogP) is -0.00450. The zero-order chi connectivity index (χ0) is 13.7. The minimum absolute atomic E-state index is 0.0955. The molecule has 1 saturated carbocycles. The number of carbonyl (C=O) groups excluding carboxylic acids is 1. The topological polar surface area (TPSA) is 75.9 Å². The van der Waals surface area contributed by atoms with E-state index in [9.17, 15) is 4.79 Å². The smallest absolute Gasteiger partial charge is 0.232 e. The first-order chi connectivity index (χ1) is 9.20. The molecule has 0 radical (unpaired) electrons. The summed E-state index contributed by atoms with van der Waals surface area (Å²) in [6.07, 6.45) is 2.55. The number of tetrazole rings is 1. The van der Waals surface area contributed by atoms with Crippen LogP contribution >= 0.6 is 11.8 Å². The SMILES string of the molecule is CCN(C)C(=O)CSc1nnnn1CCNC1CC1. The Kier molecular flexibility index (Phi) is 5.15. The van der Waals surface area contributed by atoms with Gasteiger partial charge in [-0.15, -0.1) is 5.10 Å². The molecule has 1 N–H and O–H groups in total. The number of aromatic nitrogens is 4. The molecule has 0 aliphatic heterocycles. The first-order valence-corrected chi connectivity index (χ1v) is 7.55. The quantitative estimate of drug-likeness (QED) is 0.677. The van der Waals surface area contributed by atoms with E-state index in [0.29, 0.717) is 17.0 Å². The summed E-state index contributed by atoms with van der Waals surface area (Å²) in [6, 6.07) is 0.687. The first-order valence-electron chi connectivity index (χ1n) is 6.57. The Balaban J connectivity index is 1.76. The van der Waals surface area contributed by atoms with Crippen LogP contribution < -0.4 is 5.32 Å². The van der Waals surface area contributed by atoms with Gasteiger partial charge in [0.1, 0.15) is 0 Å². The van der Waals surface area contributed by atoms with E-state index in [0.717, 1.165) is 19.6 Å². The van der Waals surface area contributed by atoms with Crippen LogP contribution in [0.5, 0.6) is 0 Å². The number of nitrogens with one attached hydrogen (secondary N) is 1. The molecular formula is C11H20N6OS. The molecule has 0 spiro atoms. The molecule has 0 atom stereocenters. The highest BCUT2D eigenvalue weighted by molar-refractivity contribution is 7.99. The van der Waals surface area contributed by atoms with Crippen LogP contribution in [-0.4, -0.2) is 62.9 Å². The van der Waals surface area contributed by atoms with Crippen molar-refractivity contribution in [3.63, 3.8) is 0 Å². The molecular weight excluding hydrogens is 264 g/mol. The monoisotopic (exact) mass is 284 g/mol. The summed E-state index contributed by atoms with van der Waals surface area (Å²) in [6.45, 7) is 4.28. The summed E-state index contributed by atoms with van der Waals surface area (Å²) in [7, 11) is 1.80. The summed E-state index contributed by atoms with van der Waals surface area (Å²) >= 11 is 1.39. The Morgan fingerprint density at radius 2 is 2.37 bits per heavy atom. The molecule has 19 heavy (non-hydrogen) atoms. The van der Waals surface area contributed by atoms with Gasteiger partial charge in [-0.05, 0) is 30.2 Å². The largest absolute Gasteiger partial charge is 0.345 e. The highest BCUT2D eigenvalue weighted by Gasteiger charge is 2.20. The third-order valence-electron chi connectivity index (χ3n) is 3.06. The van der Waals surface area contributed by atoms with Crippen molar-refractivity contribution in [3.8, 4) is 0 Å². The van der Waals surface area contributed by atoms with Crippen LogP contribution in [0.25, 0.3) is 0 Å². The zero-order valence-electron chi connectivity index (χ0n) is 11.4. The van der Waals surface area contributed by atoms with Gasteiger partial charge in [0.25, 0.3) is 0 Å². The molecule has 0 aromatic carbocycles. The Bertz CT molecular complexity index is 419. The zero-order valence-corrected chi connectivity index (χ0v) is 12.2. The van der Waals surface area contributed by atoms with Crippen LogP contribution in [-0.2, 0) is 11.3 Å². The van der Waals surface area contributed by atoms with Crippen molar-refractivity contribution in [2.24, 2.45) is 0 Å². The van der Waals surface area contributed by atoms with E-state index in [1.807, 2.05) is 6.92 Å². The molecule has 1 aromatic rings. The van der Waals surface area contributed by atoms with Crippen molar-refractivity contribution in [1.82, 2.24) is 30.4 Å². The highest BCUT2D eigenvalue weighted by Crippen LogP contribution is 2.18. The number of rotatable bonds is 8. The molecule has 106 valence electrons. The molecule has 1 aromatic heterocycles. The standard InChI is InChI=1S/C11H20N6OS/c1-3-16(2)10(18)8-19-11-13-14-15-17(11)7-6-12-9-4-5-9/h9,12H,3-8H2,1-2H3. The van der Waals surface area contributed by atoms with E-state index < -0.39 is 0 Å². The molecule has 1 heterocycles. The van der Waals surface area contributed by atoms with Gasteiger partial charge < -0.3 is 10.2 Å². The lowest BCUT2D eigenvalue weighted by Gasteiger charge is -2.13. The normalized spacial score (nSPS) is 14.6. The summed E-state index contributed by atoms with van der Waals surface area (Å²) < 4.78 is 1.75. The molecule has 1 amide bonds. The maximum atomic E-state index is 11.7. The summed E-state index contributed by atoms with van der Waals surface area (Å²) in [5, 5.41) is 15.7. The summed E-state index contributed by atoms with van der Waals surface area (Å²) in [5.74, 6) is 0.471. The molecule has 1 aliphatic rings. The third-order valence-corrected chi connectivity index (χ3v) is 4.00. The van der Waals surface area contributed by atoms with Crippen molar-refractivity contribution in [1.29, 1.82) is 0 Å². The Hall–Kier alpha value is -1.15. The Morgan fingerprint density at radius 1 is 1.58 bits per heavy atom. The van der Waals surface area contributed by atoms with Crippen molar-refractivity contribution in [2.45, 2.75) is 37.5 Å². The molecule has 2 rings (SSSR count). The van der Waals surface area contributed by atoms with Gasteiger partial charge in [-0.25, -0.2) is 4.68 Å². The molecule has 7 nitrogen and oxygen atoms in total. The molecule has 0 saturated heterocycles. The van der Waals surface area contributed by atoms with Gasteiger partial charge in [-0.1, -0.05) is 11.8 Å². The van der Waals surface area contributed by atoms with Crippen LogP contribution in [0.3, 0.4) is 0 Å². The maximum absolute atomic E-state index is 11.7. The van der Waals surface area contributed by atoms with Crippen molar-refractivity contribution >= 4 is 17.7 Å². The second-order valence-corrected chi connectivity index (χ2v) is 5.55. The Morgan fingerprint density at radius 3 is 3.05 bits per heavy atom. The van der Waals surface area contributed by atoms with Crippen LogP contribution in [0, 0.1) is 0 Å². The number of nitrogens with zero attached hydrogens (tertiary/aromatic N) is 5. The fraction of sp³-hybridized carbons (Fsp3) is 0.818. The van der Waals surface area contributed by atoms with Gasteiger partial charge in [0.15, 0.2) is 0 Å². The van der Waals surface area contributed by atoms with E-state index in [1.165, 1.54) is 24.6 Å². The molecule has 1 fully saturated rings. The van der Waals surface area contributed by atoms with Crippen LogP contribution in [0.4, 0.5) is 0 Å². The maximum Gasteiger partial charge on any atom is 0.232 e. The molecule has 1 aliphatic carbocycles. The number of hydrogen-bond donors (Lipinski definition) is 1. The van der Waals surface area contributed by atoms with E-state index >= 15 is 0 Å². The lowest BCUT2D eigenvalue weighted by Crippen LogP contribution is -2.28. The lowest BCUT2D eigenvalue weighted by atomic mass is 10.5. The first kappa shape index (κ1) is 14.3. The molecule has 0 bridgehead atoms. The minimum Gasteiger partial charge on any atom is -0.345 e. The van der Waals surface area contributed by atoms with E-state index in [1.54, 1.807) is 16.6 Å². The fourth-order valence-corrected chi connectivity index (χ4v) is 2.36. The number of hydrogen-bond acceptors (Lipinski definition) is 6. The number of amides is 1. The average Bonchev–Trinajstić information content (AvgIpc) is 3.13. The van der Waals surface area contributed by atoms with E-state index in [-0.39, 0.29) is 5.91 Å². The van der Waals surface area contributed by atoms with E-state index in [4.69, 9.17) is 0 Å². The van der Waals surface area contributed by atoms with Crippen LogP contribution in [0.2, 0.25) is 0 Å². The third kappa shape index (κ3) is 4.46. The average molecular weight is 284 g/mol. The summed E-state index contributed by atoms with van der Waals surface area (Å²) in [4.78, 5) is 13.4. The second-order valence-electron chi connectivity index (χ2n) is 4.61. The van der Waals surface area contributed by atoms with Gasteiger partial charge in [-0.2, -0.15) is 0 Å².